The highest BCUT2D eigenvalue weighted by Crippen LogP contribution is 2.42. The molecule has 0 spiro atoms. The summed E-state index contributed by atoms with van der Waals surface area (Å²) in [6.07, 6.45) is 6.47. The monoisotopic (exact) mass is 464 g/mol. The number of likely N-dealkylation sites (tertiary alicyclic amines) is 1. The van der Waals surface area contributed by atoms with E-state index in [2.05, 4.69) is 22.3 Å². The first-order chi connectivity index (χ1) is 16.0. The van der Waals surface area contributed by atoms with Crippen molar-refractivity contribution in [3.63, 3.8) is 0 Å². The molecule has 1 N–H and O–H groups in total. The third-order valence-electron chi connectivity index (χ3n) is 5.58. The van der Waals surface area contributed by atoms with E-state index in [-0.39, 0.29) is 12.5 Å². The second-order valence-electron chi connectivity index (χ2n) is 7.85. The number of anilines is 2. The Morgan fingerprint density at radius 1 is 1.27 bits per heavy atom. The van der Waals surface area contributed by atoms with Crippen LogP contribution in [-0.2, 0) is 11.8 Å². The number of hydrogen-bond donors (Lipinski definition) is 1. The lowest BCUT2D eigenvalue weighted by Crippen LogP contribution is -2.44. The lowest BCUT2D eigenvalue weighted by Gasteiger charge is -2.30. The highest BCUT2D eigenvalue weighted by Gasteiger charge is 2.21. The molecule has 0 atom stereocenters. The predicted molar refractivity (Wildman–Crippen MR) is 127 cm³/mol. The van der Waals surface area contributed by atoms with Gasteiger partial charge in [-0.25, -0.2) is 9.97 Å². The molecule has 5 rings (SSSR count). The van der Waals surface area contributed by atoms with E-state index in [1.54, 1.807) is 34.2 Å². The molecule has 0 aliphatic carbocycles. The maximum Gasteiger partial charge on any atom is 0.260 e. The van der Waals surface area contributed by atoms with E-state index in [1.807, 2.05) is 37.6 Å². The van der Waals surface area contributed by atoms with Crippen molar-refractivity contribution >= 4 is 39.1 Å². The van der Waals surface area contributed by atoms with Gasteiger partial charge in [0, 0.05) is 48.4 Å². The molecule has 1 aromatic carbocycles. The Bertz CT molecular complexity index is 1330. The topological polar surface area (TPSA) is 94.4 Å². The first-order valence-corrected chi connectivity index (χ1v) is 11.4. The van der Waals surface area contributed by atoms with Crippen molar-refractivity contribution in [1.82, 2.24) is 24.6 Å². The first kappa shape index (κ1) is 21.2. The van der Waals surface area contributed by atoms with Crippen molar-refractivity contribution in [2.75, 3.05) is 32.1 Å². The number of fused-ring (bicyclic) bond motifs is 1. The van der Waals surface area contributed by atoms with Gasteiger partial charge in [-0.3, -0.25) is 9.48 Å². The summed E-state index contributed by atoms with van der Waals surface area (Å²) in [5.41, 5.74) is 3.57. The Labute approximate surface area is 195 Å². The Morgan fingerprint density at radius 2 is 2.12 bits per heavy atom. The summed E-state index contributed by atoms with van der Waals surface area (Å²) in [4.78, 5) is 24.2. The van der Waals surface area contributed by atoms with Gasteiger partial charge in [0.15, 0.2) is 6.61 Å². The van der Waals surface area contributed by atoms with Crippen molar-refractivity contribution in [2.24, 2.45) is 7.05 Å². The van der Waals surface area contributed by atoms with Gasteiger partial charge < -0.3 is 19.7 Å². The van der Waals surface area contributed by atoms with Crippen molar-refractivity contribution in [3.05, 3.63) is 41.7 Å². The SMILES string of the molecule is COc1cc(OCC(=O)N2CCC2)ccc1-c1c(C)sc2cnc(Nc3cnn(C)c3)nc12. The van der Waals surface area contributed by atoms with Crippen LogP contribution in [0, 0.1) is 6.92 Å². The molecule has 1 aliphatic heterocycles. The molecule has 1 fully saturated rings. The standard InChI is InChI=1S/C23H24N6O3S/c1-14-21(22-19(33-14)11-24-23(27-22)26-15-10-25-28(2)12-15)17-6-5-16(9-18(17)31-3)32-13-20(30)29-7-4-8-29/h5-6,9-12H,4,7-8,13H2,1-3H3,(H,24,26,27). The zero-order valence-corrected chi connectivity index (χ0v) is 19.5. The fourth-order valence-corrected chi connectivity index (χ4v) is 4.76. The molecule has 1 saturated heterocycles. The number of rotatable bonds is 7. The van der Waals surface area contributed by atoms with Gasteiger partial charge in [0.1, 0.15) is 11.5 Å². The number of carbonyl (C=O) groups excluding carboxylic acids is 1. The molecule has 4 heterocycles. The van der Waals surface area contributed by atoms with Gasteiger partial charge >= 0.3 is 0 Å². The fourth-order valence-electron chi connectivity index (χ4n) is 3.77. The van der Waals surface area contributed by atoms with E-state index < -0.39 is 0 Å². The highest BCUT2D eigenvalue weighted by atomic mass is 32.1. The second kappa shape index (κ2) is 8.70. The normalized spacial score (nSPS) is 13.1. The van der Waals surface area contributed by atoms with Gasteiger partial charge in [0.2, 0.25) is 5.95 Å². The Hall–Kier alpha value is -3.66. The molecule has 9 nitrogen and oxygen atoms in total. The first-order valence-electron chi connectivity index (χ1n) is 10.6. The molecule has 3 aromatic heterocycles. The fraction of sp³-hybridized carbons (Fsp3) is 0.304. The van der Waals surface area contributed by atoms with Gasteiger partial charge in [0.05, 0.1) is 35.4 Å². The number of carbonyl (C=O) groups is 1. The molecule has 0 radical (unpaired) electrons. The Morgan fingerprint density at radius 3 is 2.82 bits per heavy atom. The average molecular weight is 465 g/mol. The number of aryl methyl sites for hydroxylation is 2. The molecule has 0 saturated carbocycles. The van der Waals surface area contributed by atoms with Crippen molar-refractivity contribution in [2.45, 2.75) is 13.3 Å². The van der Waals surface area contributed by atoms with E-state index in [0.717, 1.165) is 51.4 Å². The van der Waals surface area contributed by atoms with Gasteiger partial charge in [-0.1, -0.05) is 0 Å². The van der Waals surface area contributed by atoms with Crippen LogP contribution in [0.25, 0.3) is 21.3 Å². The Kier molecular flexibility index (Phi) is 5.59. The molecule has 0 bridgehead atoms. The lowest BCUT2D eigenvalue weighted by atomic mass is 10.0. The van der Waals surface area contributed by atoms with E-state index >= 15 is 0 Å². The smallest absolute Gasteiger partial charge is 0.260 e. The quantitative estimate of drug-likeness (QED) is 0.445. The molecular formula is C23H24N6O3S. The molecule has 1 aliphatic rings. The molecule has 33 heavy (non-hydrogen) atoms. The zero-order chi connectivity index (χ0) is 22.9. The number of ether oxygens (including phenoxy) is 2. The summed E-state index contributed by atoms with van der Waals surface area (Å²) in [6.45, 7) is 3.72. The maximum absolute atomic E-state index is 12.1. The summed E-state index contributed by atoms with van der Waals surface area (Å²) in [5.74, 6) is 1.76. The number of hydrogen-bond acceptors (Lipinski definition) is 8. The summed E-state index contributed by atoms with van der Waals surface area (Å²) in [6, 6.07) is 5.63. The average Bonchev–Trinajstić information content (AvgIpc) is 3.32. The number of nitrogens with one attached hydrogen (secondary N) is 1. The Balaban J connectivity index is 1.44. The highest BCUT2D eigenvalue weighted by molar-refractivity contribution is 7.19. The van der Waals surface area contributed by atoms with Crippen molar-refractivity contribution in [3.8, 4) is 22.6 Å². The van der Waals surface area contributed by atoms with E-state index in [9.17, 15) is 4.79 Å². The number of methoxy groups -OCH3 is 1. The maximum atomic E-state index is 12.1. The second-order valence-corrected chi connectivity index (χ2v) is 9.11. The largest absolute Gasteiger partial charge is 0.496 e. The van der Waals surface area contributed by atoms with Crippen LogP contribution in [0.4, 0.5) is 11.6 Å². The van der Waals surface area contributed by atoms with Crippen LogP contribution in [-0.4, -0.2) is 57.4 Å². The lowest BCUT2D eigenvalue weighted by molar-refractivity contribution is -0.136. The van der Waals surface area contributed by atoms with Crippen molar-refractivity contribution in [1.29, 1.82) is 0 Å². The van der Waals surface area contributed by atoms with Crippen LogP contribution in [0.3, 0.4) is 0 Å². The summed E-state index contributed by atoms with van der Waals surface area (Å²) in [7, 11) is 3.48. The van der Waals surface area contributed by atoms with E-state index in [0.29, 0.717) is 17.4 Å². The van der Waals surface area contributed by atoms with E-state index in [1.165, 1.54) is 0 Å². The zero-order valence-electron chi connectivity index (χ0n) is 18.7. The molecule has 1 amide bonds. The van der Waals surface area contributed by atoms with Crippen molar-refractivity contribution < 1.29 is 14.3 Å². The number of amides is 1. The van der Waals surface area contributed by atoms with Crippen LogP contribution in [0.15, 0.2) is 36.8 Å². The predicted octanol–water partition coefficient (Wildman–Crippen LogP) is 3.76. The van der Waals surface area contributed by atoms with Crippen LogP contribution in [0.5, 0.6) is 11.5 Å². The number of nitrogens with zero attached hydrogens (tertiary/aromatic N) is 5. The summed E-state index contributed by atoms with van der Waals surface area (Å²) < 4.78 is 14.1. The van der Waals surface area contributed by atoms with Crippen LogP contribution in [0.1, 0.15) is 11.3 Å². The number of thiophene rings is 1. The third-order valence-corrected chi connectivity index (χ3v) is 6.61. The van der Waals surface area contributed by atoms with Gasteiger partial charge in [0.25, 0.3) is 5.91 Å². The van der Waals surface area contributed by atoms with Crippen LogP contribution < -0.4 is 14.8 Å². The molecule has 170 valence electrons. The molecule has 4 aromatic rings. The summed E-state index contributed by atoms with van der Waals surface area (Å²) in [5, 5.41) is 7.37. The van der Waals surface area contributed by atoms with Crippen LogP contribution >= 0.6 is 11.3 Å². The minimum absolute atomic E-state index is 0.00862. The van der Waals surface area contributed by atoms with E-state index in [4.69, 9.17) is 14.5 Å². The van der Waals surface area contributed by atoms with Gasteiger partial charge in [-0.15, -0.1) is 11.3 Å². The van der Waals surface area contributed by atoms with Gasteiger partial charge in [-0.2, -0.15) is 5.10 Å². The molecule has 10 heteroatoms. The number of benzene rings is 1. The van der Waals surface area contributed by atoms with Gasteiger partial charge in [-0.05, 0) is 25.5 Å². The molecular weight excluding hydrogens is 440 g/mol. The van der Waals surface area contributed by atoms with Crippen LogP contribution in [0.2, 0.25) is 0 Å². The number of aromatic nitrogens is 4. The minimum Gasteiger partial charge on any atom is -0.496 e. The summed E-state index contributed by atoms with van der Waals surface area (Å²) >= 11 is 1.64. The minimum atomic E-state index is 0.00862. The third kappa shape index (κ3) is 4.21. The molecule has 0 unspecified atom stereocenters.